The number of hydrogen-bond acceptors (Lipinski definition) is 10. The van der Waals surface area contributed by atoms with E-state index in [0.717, 1.165) is 5.56 Å². The van der Waals surface area contributed by atoms with Crippen LogP contribution in [-0.4, -0.2) is 87.7 Å². The van der Waals surface area contributed by atoms with Crippen LogP contribution < -0.4 is 20.7 Å². The minimum atomic E-state index is -1.18. The third-order valence-corrected chi connectivity index (χ3v) is 5.85. The van der Waals surface area contributed by atoms with E-state index in [4.69, 9.17) is 15.2 Å². The summed E-state index contributed by atoms with van der Waals surface area (Å²) < 4.78 is 12.6. The lowest BCUT2D eigenvalue weighted by Gasteiger charge is -2.23. The summed E-state index contributed by atoms with van der Waals surface area (Å²) >= 11 is 0. The number of imidazole rings is 1. The first kappa shape index (κ1) is 29.5. The number of halogens is 2. The second kappa shape index (κ2) is 12.5. The van der Waals surface area contributed by atoms with Gasteiger partial charge in [-0.15, -0.1) is 24.8 Å². The monoisotopic (exact) mass is 543 g/mol. The lowest BCUT2D eigenvalue weighted by Crippen LogP contribution is -2.53. The number of rotatable bonds is 8. The van der Waals surface area contributed by atoms with Crippen LogP contribution in [0.4, 0.5) is 5.82 Å². The largest absolute Gasteiger partial charge is 0.497 e. The summed E-state index contributed by atoms with van der Waals surface area (Å²) in [6.45, 7) is -0.406. The van der Waals surface area contributed by atoms with E-state index in [1.54, 1.807) is 28.7 Å². The minimum Gasteiger partial charge on any atom is -0.497 e. The Balaban J connectivity index is 0.00000228. The highest BCUT2D eigenvalue weighted by Gasteiger charge is 2.46. The normalized spacial score (nSPS) is 21.8. The van der Waals surface area contributed by atoms with E-state index in [0.29, 0.717) is 29.2 Å². The Morgan fingerprint density at radius 2 is 1.94 bits per heavy atom. The number of ether oxygens (including phenoxy) is 2. The number of carbonyl (C=O) groups is 1. The number of amides is 1. The van der Waals surface area contributed by atoms with E-state index in [1.807, 2.05) is 26.2 Å². The van der Waals surface area contributed by atoms with Crippen LogP contribution in [0.2, 0.25) is 0 Å². The quantitative estimate of drug-likeness (QED) is 0.305. The number of carbonyl (C=O) groups excluding carboxylic acids is 1. The van der Waals surface area contributed by atoms with E-state index >= 15 is 0 Å². The van der Waals surface area contributed by atoms with E-state index in [1.165, 1.54) is 12.7 Å². The van der Waals surface area contributed by atoms with Gasteiger partial charge in [0.2, 0.25) is 5.91 Å². The number of aromatic nitrogens is 4. The van der Waals surface area contributed by atoms with Gasteiger partial charge in [-0.05, 0) is 24.1 Å². The average Bonchev–Trinajstić information content (AvgIpc) is 3.40. The molecule has 3 heterocycles. The predicted octanol–water partition coefficient (Wildman–Crippen LogP) is 0.0499. The van der Waals surface area contributed by atoms with E-state index in [9.17, 15) is 15.0 Å². The van der Waals surface area contributed by atoms with Crippen LogP contribution in [0.1, 0.15) is 11.8 Å². The molecule has 1 aliphatic heterocycles. The number of hydrogen-bond donors (Lipinski definition) is 4. The summed E-state index contributed by atoms with van der Waals surface area (Å²) in [5.74, 6) is 0.861. The molecule has 1 saturated heterocycles. The van der Waals surface area contributed by atoms with Crippen molar-refractivity contribution < 1.29 is 24.5 Å². The van der Waals surface area contributed by atoms with Crippen molar-refractivity contribution in [3.05, 3.63) is 42.5 Å². The van der Waals surface area contributed by atoms with Gasteiger partial charge in [0.25, 0.3) is 0 Å². The smallest absolute Gasteiger partial charge is 0.237 e. The molecule has 1 unspecified atom stereocenters. The van der Waals surface area contributed by atoms with Gasteiger partial charge in [-0.2, -0.15) is 0 Å². The third kappa shape index (κ3) is 5.80. The summed E-state index contributed by atoms with van der Waals surface area (Å²) in [7, 11) is 5.25. The summed E-state index contributed by atoms with van der Waals surface area (Å²) in [6, 6.07) is 5.52. The molecular weight excluding hydrogens is 513 g/mol. The minimum absolute atomic E-state index is 0. The fourth-order valence-electron chi connectivity index (χ4n) is 4.04. The molecule has 1 amide bonds. The molecule has 0 spiro atoms. The first-order valence-electron chi connectivity index (χ1n) is 10.8. The molecule has 0 bridgehead atoms. The zero-order valence-electron chi connectivity index (χ0n) is 20.0. The molecule has 4 rings (SSSR count). The molecule has 0 aliphatic carbocycles. The highest BCUT2D eigenvalue weighted by molar-refractivity contribution is 5.86. The number of fused-ring (bicyclic) bond motifs is 1. The number of methoxy groups -OCH3 is 1. The zero-order valence-corrected chi connectivity index (χ0v) is 21.6. The molecule has 36 heavy (non-hydrogen) atoms. The molecule has 2 aromatic heterocycles. The Kier molecular flexibility index (Phi) is 10.2. The Bertz CT molecular complexity index is 1150. The van der Waals surface area contributed by atoms with E-state index < -0.39 is 43.0 Å². The van der Waals surface area contributed by atoms with Crippen molar-refractivity contribution in [1.29, 1.82) is 0 Å². The van der Waals surface area contributed by atoms with Crippen molar-refractivity contribution in [3.63, 3.8) is 0 Å². The van der Waals surface area contributed by atoms with Gasteiger partial charge in [-0.1, -0.05) is 12.1 Å². The Morgan fingerprint density at radius 3 is 2.56 bits per heavy atom. The molecular formula is C22H31Cl2N7O5. The Morgan fingerprint density at radius 1 is 1.25 bits per heavy atom. The molecule has 5 N–H and O–H groups in total. The van der Waals surface area contributed by atoms with Gasteiger partial charge in [-0.25, -0.2) is 15.0 Å². The van der Waals surface area contributed by atoms with Crippen LogP contribution >= 0.6 is 24.8 Å². The van der Waals surface area contributed by atoms with Crippen molar-refractivity contribution >= 4 is 47.7 Å². The fourth-order valence-corrected chi connectivity index (χ4v) is 4.04. The second-order valence-electron chi connectivity index (χ2n) is 8.35. The number of aliphatic hydroxyl groups is 2. The molecule has 0 saturated carbocycles. The van der Waals surface area contributed by atoms with Gasteiger partial charge in [0.1, 0.15) is 24.3 Å². The van der Waals surface area contributed by atoms with Crippen LogP contribution in [0.3, 0.4) is 0 Å². The number of anilines is 1. The number of aliphatic hydroxyl groups excluding tert-OH is 2. The molecule has 1 aromatic carbocycles. The first-order valence-corrected chi connectivity index (χ1v) is 10.8. The molecule has 0 radical (unpaired) electrons. The maximum Gasteiger partial charge on any atom is 0.237 e. The van der Waals surface area contributed by atoms with Crippen molar-refractivity contribution in [2.45, 2.75) is 36.9 Å². The summed E-state index contributed by atoms with van der Waals surface area (Å²) in [5.41, 5.74) is 7.98. The van der Waals surface area contributed by atoms with Crippen LogP contribution in [0, 0.1) is 0 Å². The van der Waals surface area contributed by atoms with E-state index in [2.05, 4.69) is 20.3 Å². The second-order valence-corrected chi connectivity index (χ2v) is 8.35. The zero-order chi connectivity index (χ0) is 24.4. The van der Waals surface area contributed by atoms with Crippen LogP contribution in [0.15, 0.2) is 36.9 Å². The maximum absolute atomic E-state index is 12.8. The number of nitrogens with two attached hydrogens (primary N) is 1. The Hall–Kier alpha value is -2.74. The first-order chi connectivity index (χ1) is 16.3. The number of nitrogens with one attached hydrogen (secondary N) is 1. The molecule has 12 nitrogen and oxygen atoms in total. The fraction of sp³-hybridized carbons (Fsp3) is 0.455. The van der Waals surface area contributed by atoms with Gasteiger partial charge in [0, 0.05) is 14.1 Å². The molecule has 1 aliphatic rings. The number of benzene rings is 1. The molecule has 1 fully saturated rings. The highest BCUT2D eigenvalue weighted by Crippen LogP contribution is 2.32. The van der Waals surface area contributed by atoms with Gasteiger partial charge in [-0.3, -0.25) is 9.36 Å². The molecule has 198 valence electrons. The molecule has 3 aromatic rings. The van der Waals surface area contributed by atoms with Crippen molar-refractivity contribution in [1.82, 2.24) is 24.8 Å². The summed E-state index contributed by atoms with van der Waals surface area (Å²) in [5, 5.41) is 23.6. The van der Waals surface area contributed by atoms with Crippen LogP contribution in [0.5, 0.6) is 5.75 Å². The van der Waals surface area contributed by atoms with Crippen LogP contribution in [-0.2, 0) is 16.0 Å². The lowest BCUT2D eigenvalue weighted by molar-refractivity contribution is -0.124. The molecule has 5 atom stereocenters. The lowest BCUT2D eigenvalue weighted by atomic mass is 10.0. The Labute approximate surface area is 220 Å². The SMILES string of the molecule is COc1ccc(C[C@H](N)C(=O)NC2[C@@H](CO)O[C@@H](n3cnc4c(N(C)C)ncnc43)[C@H]2O)cc1.Cl.Cl. The third-order valence-electron chi connectivity index (χ3n) is 5.85. The van der Waals surface area contributed by atoms with Crippen molar-refractivity contribution in [3.8, 4) is 5.75 Å². The predicted molar refractivity (Wildman–Crippen MR) is 138 cm³/mol. The van der Waals surface area contributed by atoms with Gasteiger partial charge < -0.3 is 35.6 Å². The maximum atomic E-state index is 12.8. The van der Waals surface area contributed by atoms with Gasteiger partial charge in [0.15, 0.2) is 23.2 Å². The van der Waals surface area contributed by atoms with Crippen molar-refractivity contribution in [2.24, 2.45) is 5.73 Å². The number of nitrogens with zero attached hydrogens (tertiary/aromatic N) is 5. The highest BCUT2D eigenvalue weighted by atomic mass is 35.5. The van der Waals surface area contributed by atoms with E-state index in [-0.39, 0.29) is 24.8 Å². The summed E-state index contributed by atoms with van der Waals surface area (Å²) in [4.78, 5) is 27.5. The van der Waals surface area contributed by atoms with Gasteiger partial charge in [0.05, 0.1) is 32.1 Å². The van der Waals surface area contributed by atoms with Crippen molar-refractivity contribution in [2.75, 3.05) is 32.7 Å². The average molecular weight is 544 g/mol. The standard InChI is InChI=1S/C22H29N7O5.2ClH/c1-28(2)19-17-20(25-10-24-19)29(11-26-17)22-18(31)16(15(9-30)34-22)27-21(32)14(23)8-12-4-6-13(33-3)7-5-12;;/h4-7,10-11,14-16,18,22,30-31H,8-9,23H2,1-3H3,(H,27,32);2*1H/t14-,15+,16?,18-,22+;;/m0../s1. The van der Waals surface area contributed by atoms with Crippen LogP contribution in [0.25, 0.3) is 11.2 Å². The summed E-state index contributed by atoms with van der Waals surface area (Å²) in [6.07, 6.45) is 0.250. The van der Waals surface area contributed by atoms with Gasteiger partial charge >= 0.3 is 0 Å². The topological polar surface area (TPSA) is 161 Å². The molecule has 14 heteroatoms.